The molecular weight excluding hydrogens is 415 g/mol. The first-order valence-corrected chi connectivity index (χ1v) is 9.27. The van der Waals surface area contributed by atoms with Crippen LogP contribution < -0.4 is 5.32 Å². The molecule has 0 spiro atoms. The molecule has 1 saturated heterocycles. The molecule has 0 aromatic carbocycles. The third-order valence-corrected chi connectivity index (χ3v) is 4.34. The van der Waals surface area contributed by atoms with Crippen LogP contribution in [0.3, 0.4) is 0 Å². The Hall–Kier alpha value is -0.0800. The average molecular weight is 454 g/mol. The maximum atomic E-state index is 5.82. The molecule has 0 aliphatic carbocycles. The van der Waals surface area contributed by atoms with E-state index in [1.54, 1.807) is 0 Å². The zero-order valence-corrected chi connectivity index (χ0v) is 18.9. The van der Waals surface area contributed by atoms with Crippen LogP contribution in [0.4, 0.5) is 0 Å². The molecule has 1 fully saturated rings. The van der Waals surface area contributed by atoms with Crippen molar-refractivity contribution < 1.29 is 4.74 Å². The highest BCUT2D eigenvalue weighted by atomic mass is 127. The molecule has 1 aliphatic heterocycles. The minimum absolute atomic E-state index is 0. The van der Waals surface area contributed by atoms with Gasteiger partial charge in [-0.1, -0.05) is 27.7 Å². The maximum absolute atomic E-state index is 5.82. The van der Waals surface area contributed by atoms with Crippen LogP contribution in [-0.4, -0.2) is 74.8 Å². The van der Waals surface area contributed by atoms with Crippen LogP contribution >= 0.6 is 24.0 Å². The molecule has 0 amide bonds. The van der Waals surface area contributed by atoms with Crippen molar-refractivity contribution in [1.82, 2.24) is 15.1 Å². The van der Waals surface area contributed by atoms with Gasteiger partial charge in [-0.15, -0.1) is 24.0 Å². The Kier molecular flexibility index (Phi) is 13.1. The number of nitrogens with zero attached hydrogens (tertiary/aromatic N) is 3. The third kappa shape index (κ3) is 8.85. The van der Waals surface area contributed by atoms with Crippen molar-refractivity contribution in [2.24, 2.45) is 16.8 Å². The summed E-state index contributed by atoms with van der Waals surface area (Å²) in [4.78, 5) is 9.39. The summed E-state index contributed by atoms with van der Waals surface area (Å²) in [5, 5.41) is 3.52. The highest BCUT2D eigenvalue weighted by Gasteiger charge is 2.20. The van der Waals surface area contributed by atoms with Gasteiger partial charge in [0.15, 0.2) is 5.96 Å². The third-order valence-electron chi connectivity index (χ3n) is 4.34. The van der Waals surface area contributed by atoms with Crippen molar-refractivity contribution in [3.8, 4) is 0 Å². The van der Waals surface area contributed by atoms with Gasteiger partial charge in [0.1, 0.15) is 0 Å². The van der Waals surface area contributed by atoms with Crippen molar-refractivity contribution in [3.63, 3.8) is 0 Å². The largest absolute Gasteiger partial charge is 0.378 e. The lowest BCUT2D eigenvalue weighted by atomic mass is 10.0. The van der Waals surface area contributed by atoms with E-state index < -0.39 is 0 Å². The Morgan fingerprint density at radius 2 is 1.75 bits per heavy atom. The summed E-state index contributed by atoms with van der Waals surface area (Å²) in [7, 11) is 1.88. The Labute approximate surface area is 166 Å². The van der Waals surface area contributed by atoms with Crippen LogP contribution in [0.1, 0.15) is 41.0 Å². The highest BCUT2D eigenvalue weighted by molar-refractivity contribution is 14.0. The molecule has 144 valence electrons. The SMILES string of the molecule is CCOC(CCNC(=NC)N1CCN(CC(C)C)CC1)C(C)C.I. The molecule has 5 nitrogen and oxygen atoms in total. The molecule has 1 unspecified atom stereocenters. The lowest BCUT2D eigenvalue weighted by Gasteiger charge is -2.37. The van der Waals surface area contributed by atoms with E-state index in [1.807, 2.05) is 7.05 Å². The summed E-state index contributed by atoms with van der Waals surface area (Å²) >= 11 is 0. The summed E-state index contributed by atoms with van der Waals surface area (Å²) in [6.45, 7) is 18.4. The maximum Gasteiger partial charge on any atom is 0.193 e. The van der Waals surface area contributed by atoms with E-state index in [9.17, 15) is 0 Å². The molecule has 1 atom stereocenters. The van der Waals surface area contributed by atoms with Crippen molar-refractivity contribution in [1.29, 1.82) is 0 Å². The Morgan fingerprint density at radius 1 is 1.12 bits per heavy atom. The van der Waals surface area contributed by atoms with Crippen LogP contribution in [0.25, 0.3) is 0 Å². The van der Waals surface area contributed by atoms with Gasteiger partial charge < -0.3 is 15.0 Å². The van der Waals surface area contributed by atoms with Gasteiger partial charge in [-0.05, 0) is 25.2 Å². The molecule has 1 aliphatic rings. The Morgan fingerprint density at radius 3 is 2.21 bits per heavy atom. The van der Waals surface area contributed by atoms with Crippen molar-refractivity contribution >= 4 is 29.9 Å². The minimum atomic E-state index is 0. The number of guanidine groups is 1. The summed E-state index contributed by atoms with van der Waals surface area (Å²) in [6, 6.07) is 0. The van der Waals surface area contributed by atoms with E-state index >= 15 is 0 Å². The van der Waals surface area contributed by atoms with E-state index in [0.29, 0.717) is 12.0 Å². The number of piperazine rings is 1. The first-order chi connectivity index (χ1) is 11.0. The summed E-state index contributed by atoms with van der Waals surface area (Å²) in [5.74, 6) is 2.33. The molecule has 6 heteroatoms. The monoisotopic (exact) mass is 454 g/mol. The van der Waals surface area contributed by atoms with Gasteiger partial charge in [0.2, 0.25) is 0 Å². The molecule has 1 rings (SSSR count). The van der Waals surface area contributed by atoms with Crippen molar-refractivity contribution in [2.45, 2.75) is 47.1 Å². The fourth-order valence-corrected chi connectivity index (χ4v) is 3.14. The van der Waals surface area contributed by atoms with Gasteiger partial charge in [-0.3, -0.25) is 9.89 Å². The topological polar surface area (TPSA) is 40.1 Å². The number of halogens is 1. The first-order valence-electron chi connectivity index (χ1n) is 9.27. The lowest BCUT2D eigenvalue weighted by Crippen LogP contribution is -2.53. The van der Waals surface area contributed by atoms with E-state index in [1.165, 1.54) is 6.54 Å². The second-order valence-corrected chi connectivity index (χ2v) is 7.18. The van der Waals surface area contributed by atoms with Gasteiger partial charge in [0.25, 0.3) is 0 Å². The smallest absolute Gasteiger partial charge is 0.193 e. The van der Waals surface area contributed by atoms with Gasteiger partial charge in [0, 0.05) is 52.9 Å². The number of rotatable bonds is 8. The zero-order valence-electron chi connectivity index (χ0n) is 16.5. The zero-order chi connectivity index (χ0) is 17.2. The molecule has 0 aromatic rings. The molecule has 0 aromatic heterocycles. The van der Waals surface area contributed by atoms with Gasteiger partial charge in [-0.2, -0.15) is 0 Å². The molecule has 24 heavy (non-hydrogen) atoms. The highest BCUT2D eigenvalue weighted by Crippen LogP contribution is 2.10. The predicted molar refractivity (Wildman–Crippen MR) is 114 cm³/mol. The number of nitrogens with one attached hydrogen (secondary N) is 1. The number of hydrogen-bond donors (Lipinski definition) is 1. The first kappa shape index (κ1) is 23.9. The van der Waals surface area contributed by atoms with Crippen LogP contribution in [0.2, 0.25) is 0 Å². The second kappa shape index (κ2) is 13.2. The summed E-state index contributed by atoms with van der Waals surface area (Å²) in [6.07, 6.45) is 1.35. The molecule has 1 N–H and O–H groups in total. The lowest BCUT2D eigenvalue weighted by molar-refractivity contribution is 0.0257. The number of hydrogen-bond acceptors (Lipinski definition) is 3. The normalized spacial score (nSPS) is 18.0. The second-order valence-electron chi connectivity index (χ2n) is 7.18. The summed E-state index contributed by atoms with van der Waals surface area (Å²) < 4.78 is 5.82. The van der Waals surface area contributed by atoms with E-state index in [4.69, 9.17) is 4.74 Å². The van der Waals surface area contributed by atoms with E-state index in [0.717, 1.165) is 57.6 Å². The van der Waals surface area contributed by atoms with Crippen molar-refractivity contribution in [3.05, 3.63) is 0 Å². The van der Waals surface area contributed by atoms with Gasteiger partial charge in [0.05, 0.1) is 6.10 Å². The fraction of sp³-hybridized carbons (Fsp3) is 0.944. The van der Waals surface area contributed by atoms with Crippen LogP contribution in [0.5, 0.6) is 0 Å². The minimum Gasteiger partial charge on any atom is -0.378 e. The molecular formula is C18H39IN4O. The Bertz CT molecular complexity index is 342. The average Bonchev–Trinajstić information content (AvgIpc) is 2.51. The predicted octanol–water partition coefficient (Wildman–Crippen LogP) is 2.90. The van der Waals surface area contributed by atoms with Crippen molar-refractivity contribution in [2.75, 3.05) is 52.9 Å². The van der Waals surface area contributed by atoms with Gasteiger partial charge in [-0.25, -0.2) is 0 Å². The fourth-order valence-electron chi connectivity index (χ4n) is 3.14. The molecule has 1 heterocycles. The van der Waals surface area contributed by atoms with E-state index in [-0.39, 0.29) is 24.0 Å². The molecule has 0 bridgehead atoms. The summed E-state index contributed by atoms with van der Waals surface area (Å²) in [5.41, 5.74) is 0. The number of ether oxygens (including phenoxy) is 1. The molecule has 0 radical (unpaired) electrons. The van der Waals surface area contributed by atoms with Crippen LogP contribution in [0, 0.1) is 11.8 Å². The molecule has 0 saturated carbocycles. The van der Waals surface area contributed by atoms with E-state index in [2.05, 4.69) is 54.7 Å². The van der Waals surface area contributed by atoms with Crippen LogP contribution in [0.15, 0.2) is 4.99 Å². The standard InChI is InChI=1S/C18H38N4O.HI/c1-7-23-17(16(4)5)8-9-20-18(19-6)22-12-10-21(11-13-22)14-15(2)3;/h15-17H,7-14H2,1-6H3,(H,19,20);1H. The Balaban J connectivity index is 0.00000529. The van der Waals surface area contributed by atoms with Gasteiger partial charge >= 0.3 is 0 Å². The quantitative estimate of drug-likeness (QED) is 0.348. The number of aliphatic imine (C=N–C) groups is 1. The van der Waals surface area contributed by atoms with Crippen LogP contribution in [-0.2, 0) is 4.74 Å².